The number of halogens is 3. The van der Waals surface area contributed by atoms with Crippen LogP contribution in [-0.2, 0) is 0 Å². The molecule has 0 aliphatic heterocycles. The van der Waals surface area contributed by atoms with Crippen LogP contribution < -0.4 is 5.32 Å². The van der Waals surface area contributed by atoms with E-state index in [-0.39, 0.29) is 36.0 Å². The van der Waals surface area contributed by atoms with E-state index in [9.17, 15) is 28.4 Å². The first-order valence-corrected chi connectivity index (χ1v) is 6.00. The van der Waals surface area contributed by atoms with Gasteiger partial charge >= 0.3 is 6.18 Å². The minimum atomic E-state index is -4.19. The maximum absolute atomic E-state index is 12.0. The lowest BCUT2D eigenvalue weighted by atomic mass is 10.1. The predicted molar refractivity (Wildman–Crippen MR) is 67.8 cm³/mol. The number of rotatable bonds is 6. The molecular formula is C12H15F3N2O3. The van der Waals surface area contributed by atoms with Crippen molar-refractivity contribution in [2.24, 2.45) is 0 Å². The summed E-state index contributed by atoms with van der Waals surface area (Å²) in [6.45, 7) is 1.65. The van der Waals surface area contributed by atoms with Crippen molar-refractivity contribution < 1.29 is 23.2 Å². The fourth-order valence-electron chi connectivity index (χ4n) is 1.74. The number of phenolic OH excluding ortho intramolecular Hbond substituents is 1. The molecule has 0 amide bonds. The molecule has 0 saturated carbocycles. The van der Waals surface area contributed by atoms with Gasteiger partial charge < -0.3 is 10.4 Å². The molecule has 112 valence electrons. The Labute approximate surface area is 113 Å². The van der Waals surface area contributed by atoms with Crippen LogP contribution in [0, 0.1) is 10.1 Å². The van der Waals surface area contributed by atoms with Gasteiger partial charge in [0, 0.05) is 12.5 Å². The van der Waals surface area contributed by atoms with Crippen molar-refractivity contribution in [1.29, 1.82) is 0 Å². The molecule has 0 fully saturated rings. The normalized spacial score (nSPS) is 13.0. The fourth-order valence-corrected chi connectivity index (χ4v) is 1.74. The molecule has 1 rings (SSSR count). The minimum absolute atomic E-state index is 0.0520. The number of aromatic hydroxyl groups is 1. The second-order valence-electron chi connectivity index (χ2n) is 4.51. The summed E-state index contributed by atoms with van der Waals surface area (Å²) in [7, 11) is 0. The highest BCUT2D eigenvalue weighted by molar-refractivity contribution is 5.64. The molecular weight excluding hydrogens is 277 g/mol. The van der Waals surface area contributed by atoms with E-state index in [1.54, 1.807) is 6.92 Å². The number of hydrogen-bond donors (Lipinski definition) is 2. The first-order valence-electron chi connectivity index (χ1n) is 6.00. The van der Waals surface area contributed by atoms with Gasteiger partial charge in [-0.25, -0.2) is 0 Å². The maximum atomic E-state index is 12.0. The molecule has 1 atom stereocenters. The third-order valence-corrected chi connectivity index (χ3v) is 2.68. The second kappa shape index (κ2) is 6.44. The molecule has 0 saturated heterocycles. The zero-order valence-electron chi connectivity index (χ0n) is 10.8. The Kier molecular flexibility index (Phi) is 5.18. The molecule has 0 bridgehead atoms. The Morgan fingerprint density at radius 3 is 2.65 bits per heavy atom. The Hall–Kier alpha value is -1.99. The number of alkyl halides is 3. The maximum Gasteiger partial charge on any atom is 0.389 e. The molecule has 0 aromatic heterocycles. The zero-order chi connectivity index (χ0) is 15.3. The Morgan fingerprint density at radius 1 is 1.45 bits per heavy atom. The number of nitrogens with zero attached hydrogens (tertiary/aromatic N) is 1. The van der Waals surface area contributed by atoms with E-state index in [2.05, 4.69) is 5.32 Å². The molecule has 8 heteroatoms. The summed E-state index contributed by atoms with van der Waals surface area (Å²) in [4.78, 5) is 10.1. The largest absolute Gasteiger partial charge is 0.508 e. The monoisotopic (exact) mass is 292 g/mol. The summed E-state index contributed by atoms with van der Waals surface area (Å²) < 4.78 is 36.0. The van der Waals surface area contributed by atoms with Crippen LogP contribution >= 0.6 is 0 Å². The SMILES string of the molecule is CC(CCCC(F)(F)F)Nc1ccc(O)cc1[N+](=O)[O-]. The summed E-state index contributed by atoms with van der Waals surface area (Å²) in [5.41, 5.74) is -0.139. The van der Waals surface area contributed by atoms with Crippen LogP contribution in [0.15, 0.2) is 18.2 Å². The quantitative estimate of drug-likeness (QED) is 0.474. The van der Waals surface area contributed by atoms with Crippen molar-refractivity contribution in [3.63, 3.8) is 0 Å². The standard InChI is InChI=1S/C12H15F3N2O3/c1-8(3-2-6-12(13,14)15)16-10-5-4-9(18)7-11(10)17(19)20/h4-5,7-8,16,18H,2-3,6H2,1H3. The van der Waals surface area contributed by atoms with E-state index in [1.165, 1.54) is 12.1 Å². The first-order chi connectivity index (χ1) is 9.19. The highest BCUT2D eigenvalue weighted by Crippen LogP contribution is 2.29. The lowest BCUT2D eigenvalue weighted by molar-refractivity contribution is -0.384. The average molecular weight is 292 g/mol. The van der Waals surface area contributed by atoms with Gasteiger partial charge in [-0.2, -0.15) is 13.2 Å². The molecule has 1 aromatic rings. The van der Waals surface area contributed by atoms with Crippen LogP contribution in [0.5, 0.6) is 5.75 Å². The average Bonchev–Trinajstić information content (AvgIpc) is 2.29. The van der Waals surface area contributed by atoms with Crippen LogP contribution in [-0.4, -0.2) is 22.2 Å². The van der Waals surface area contributed by atoms with Crippen molar-refractivity contribution in [2.75, 3.05) is 5.32 Å². The van der Waals surface area contributed by atoms with Gasteiger partial charge in [0.05, 0.1) is 11.0 Å². The molecule has 0 aliphatic carbocycles. The zero-order valence-corrected chi connectivity index (χ0v) is 10.8. The van der Waals surface area contributed by atoms with Gasteiger partial charge in [-0.05, 0) is 31.9 Å². The molecule has 0 heterocycles. The number of benzene rings is 1. The summed E-state index contributed by atoms with van der Waals surface area (Å²) in [6, 6.07) is 3.25. The summed E-state index contributed by atoms with van der Waals surface area (Å²) in [5.74, 6) is -0.244. The van der Waals surface area contributed by atoms with Crippen molar-refractivity contribution in [3.8, 4) is 5.75 Å². The van der Waals surface area contributed by atoms with Crippen molar-refractivity contribution in [2.45, 2.75) is 38.4 Å². The lowest BCUT2D eigenvalue weighted by Crippen LogP contribution is -2.17. The van der Waals surface area contributed by atoms with E-state index >= 15 is 0 Å². The lowest BCUT2D eigenvalue weighted by Gasteiger charge is -2.15. The van der Waals surface area contributed by atoms with Gasteiger partial charge in [0.25, 0.3) is 5.69 Å². The molecule has 20 heavy (non-hydrogen) atoms. The third kappa shape index (κ3) is 5.33. The van der Waals surface area contributed by atoms with E-state index in [1.807, 2.05) is 0 Å². The number of anilines is 1. The number of nitrogens with one attached hydrogen (secondary N) is 1. The van der Waals surface area contributed by atoms with Gasteiger partial charge in [0.2, 0.25) is 0 Å². The fraction of sp³-hybridized carbons (Fsp3) is 0.500. The second-order valence-corrected chi connectivity index (χ2v) is 4.51. The van der Waals surface area contributed by atoms with Crippen LogP contribution in [0.2, 0.25) is 0 Å². The molecule has 0 spiro atoms. The summed E-state index contributed by atoms with van der Waals surface area (Å²) in [5, 5.41) is 22.8. The Balaban J connectivity index is 2.62. The number of phenols is 1. The summed E-state index contributed by atoms with van der Waals surface area (Å²) >= 11 is 0. The Bertz CT molecular complexity index is 478. The highest BCUT2D eigenvalue weighted by atomic mass is 19.4. The van der Waals surface area contributed by atoms with Crippen molar-refractivity contribution >= 4 is 11.4 Å². The third-order valence-electron chi connectivity index (χ3n) is 2.68. The molecule has 5 nitrogen and oxygen atoms in total. The van der Waals surface area contributed by atoms with Crippen LogP contribution in [0.4, 0.5) is 24.5 Å². The molecule has 2 N–H and O–H groups in total. The van der Waals surface area contributed by atoms with E-state index in [0.717, 1.165) is 6.07 Å². The van der Waals surface area contributed by atoms with E-state index < -0.39 is 17.5 Å². The number of hydrogen-bond acceptors (Lipinski definition) is 4. The van der Waals surface area contributed by atoms with Crippen LogP contribution in [0.3, 0.4) is 0 Å². The number of nitro benzene ring substituents is 1. The Morgan fingerprint density at radius 2 is 2.10 bits per heavy atom. The molecule has 0 aliphatic rings. The van der Waals surface area contributed by atoms with Gasteiger partial charge in [-0.1, -0.05) is 0 Å². The topological polar surface area (TPSA) is 75.4 Å². The van der Waals surface area contributed by atoms with Crippen LogP contribution in [0.1, 0.15) is 26.2 Å². The van der Waals surface area contributed by atoms with Gasteiger partial charge in [0.1, 0.15) is 11.4 Å². The molecule has 1 aromatic carbocycles. The van der Waals surface area contributed by atoms with E-state index in [4.69, 9.17) is 0 Å². The smallest absolute Gasteiger partial charge is 0.389 e. The highest BCUT2D eigenvalue weighted by Gasteiger charge is 2.26. The van der Waals surface area contributed by atoms with E-state index in [0.29, 0.717) is 0 Å². The van der Waals surface area contributed by atoms with Gasteiger partial charge in [0.15, 0.2) is 0 Å². The predicted octanol–water partition coefficient (Wildman–Crippen LogP) is 3.83. The van der Waals surface area contributed by atoms with Gasteiger partial charge in [-0.3, -0.25) is 10.1 Å². The van der Waals surface area contributed by atoms with Crippen LogP contribution in [0.25, 0.3) is 0 Å². The first kappa shape index (κ1) is 16.1. The van der Waals surface area contributed by atoms with Crippen molar-refractivity contribution in [3.05, 3.63) is 28.3 Å². The van der Waals surface area contributed by atoms with Gasteiger partial charge in [-0.15, -0.1) is 0 Å². The number of nitro groups is 1. The molecule has 1 unspecified atom stereocenters. The molecule has 0 radical (unpaired) electrons. The summed E-state index contributed by atoms with van der Waals surface area (Å²) in [6.07, 6.45) is -4.89. The van der Waals surface area contributed by atoms with Crippen molar-refractivity contribution in [1.82, 2.24) is 0 Å². The minimum Gasteiger partial charge on any atom is -0.508 e.